The zero-order chi connectivity index (χ0) is 21.0. The van der Waals surface area contributed by atoms with Gasteiger partial charge in [0.15, 0.2) is 0 Å². The molecule has 29 heavy (non-hydrogen) atoms. The highest BCUT2D eigenvalue weighted by atomic mass is 16.5. The molecule has 7 nitrogen and oxygen atoms in total. The molecule has 2 aromatic rings. The van der Waals surface area contributed by atoms with Crippen molar-refractivity contribution in [1.82, 2.24) is 10.6 Å². The lowest BCUT2D eigenvalue weighted by atomic mass is 9.98. The number of carboxylic acid groups (broad SMARTS) is 1. The second-order valence-corrected chi connectivity index (χ2v) is 7.18. The van der Waals surface area contributed by atoms with E-state index in [2.05, 4.69) is 22.8 Å². The number of fused-ring (bicyclic) bond motifs is 3. The largest absolute Gasteiger partial charge is 0.480 e. The van der Waals surface area contributed by atoms with Crippen molar-refractivity contribution >= 4 is 18.0 Å². The van der Waals surface area contributed by atoms with Gasteiger partial charge in [-0.2, -0.15) is 0 Å². The standard InChI is InChI=1S/C22H24N2O5/c1-13(20(25)24-14(2)21(26)27)11-23-22(28)29-12-19-17-9-5-3-7-15(17)16-8-4-6-10-18(16)19/h3-10,13-14,19H,11-12H2,1-2H3,(H,23,28)(H,24,25)(H,26,27)/t13?,14-/m1/s1. The highest BCUT2D eigenvalue weighted by Gasteiger charge is 2.29. The van der Waals surface area contributed by atoms with E-state index < -0.39 is 29.9 Å². The Morgan fingerprint density at radius 3 is 2.10 bits per heavy atom. The number of hydrogen-bond acceptors (Lipinski definition) is 4. The Balaban J connectivity index is 1.54. The Hall–Kier alpha value is -3.35. The topological polar surface area (TPSA) is 105 Å². The van der Waals surface area contributed by atoms with Gasteiger partial charge in [-0.1, -0.05) is 55.5 Å². The fourth-order valence-electron chi connectivity index (χ4n) is 3.40. The molecule has 7 heteroatoms. The van der Waals surface area contributed by atoms with Gasteiger partial charge in [-0.3, -0.25) is 9.59 Å². The van der Waals surface area contributed by atoms with Gasteiger partial charge in [0.25, 0.3) is 0 Å². The number of nitrogens with one attached hydrogen (secondary N) is 2. The van der Waals surface area contributed by atoms with Gasteiger partial charge in [0, 0.05) is 12.5 Å². The first kappa shape index (κ1) is 20.4. The summed E-state index contributed by atoms with van der Waals surface area (Å²) in [7, 11) is 0. The lowest BCUT2D eigenvalue weighted by molar-refractivity contribution is -0.141. The molecule has 0 saturated heterocycles. The summed E-state index contributed by atoms with van der Waals surface area (Å²) in [6, 6.07) is 15.1. The summed E-state index contributed by atoms with van der Waals surface area (Å²) in [5.74, 6) is -2.18. The molecule has 0 spiro atoms. The van der Waals surface area contributed by atoms with Gasteiger partial charge >= 0.3 is 12.1 Å². The van der Waals surface area contributed by atoms with Crippen molar-refractivity contribution in [2.75, 3.05) is 13.2 Å². The summed E-state index contributed by atoms with van der Waals surface area (Å²) in [6.07, 6.45) is -0.613. The van der Waals surface area contributed by atoms with E-state index in [-0.39, 0.29) is 19.1 Å². The van der Waals surface area contributed by atoms with E-state index in [1.54, 1.807) is 6.92 Å². The van der Waals surface area contributed by atoms with Crippen LogP contribution < -0.4 is 10.6 Å². The Kier molecular flexibility index (Phi) is 6.16. The minimum absolute atomic E-state index is 0.0368. The second-order valence-electron chi connectivity index (χ2n) is 7.18. The molecular formula is C22H24N2O5. The summed E-state index contributed by atoms with van der Waals surface area (Å²) in [6.45, 7) is 3.23. The summed E-state index contributed by atoms with van der Waals surface area (Å²) in [4.78, 5) is 34.9. The molecule has 3 N–H and O–H groups in total. The lowest BCUT2D eigenvalue weighted by Gasteiger charge is -2.17. The average Bonchev–Trinajstić information content (AvgIpc) is 3.04. The van der Waals surface area contributed by atoms with Crippen LogP contribution in [0, 0.1) is 5.92 Å². The van der Waals surface area contributed by atoms with Crippen LogP contribution in [0.2, 0.25) is 0 Å². The van der Waals surface area contributed by atoms with E-state index in [1.165, 1.54) is 6.92 Å². The molecule has 0 bridgehead atoms. The minimum atomic E-state index is -1.12. The molecule has 2 atom stereocenters. The molecule has 3 rings (SSSR count). The molecule has 0 fully saturated rings. The van der Waals surface area contributed by atoms with Gasteiger partial charge < -0.3 is 20.5 Å². The molecule has 0 saturated carbocycles. The number of rotatable bonds is 7. The van der Waals surface area contributed by atoms with E-state index in [4.69, 9.17) is 9.84 Å². The number of aliphatic carboxylic acids is 1. The van der Waals surface area contributed by atoms with Crippen LogP contribution in [-0.4, -0.2) is 42.3 Å². The van der Waals surface area contributed by atoms with E-state index in [9.17, 15) is 14.4 Å². The number of carbonyl (C=O) groups is 3. The number of amides is 2. The van der Waals surface area contributed by atoms with Crippen molar-refractivity contribution < 1.29 is 24.2 Å². The van der Waals surface area contributed by atoms with E-state index in [0.29, 0.717) is 0 Å². The van der Waals surface area contributed by atoms with Crippen molar-refractivity contribution in [3.05, 3.63) is 59.7 Å². The third-order valence-corrected chi connectivity index (χ3v) is 5.07. The first-order valence-corrected chi connectivity index (χ1v) is 9.50. The van der Waals surface area contributed by atoms with Crippen LogP contribution in [0.1, 0.15) is 30.9 Å². The summed E-state index contributed by atoms with van der Waals surface area (Å²) >= 11 is 0. The van der Waals surface area contributed by atoms with Gasteiger partial charge in [-0.25, -0.2) is 4.79 Å². The quantitative estimate of drug-likeness (QED) is 0.668. The lowest BCUT2D eigenvalue weighted by Crippen LogP contribution is -2.44. The van der Waals surface area contributed by atoms with E-state index in [0.717, 1.165) is 22.3 Å². The maximum atomic E-state index is 12.1. The fourth-order valence-corrected chi connectivity index (χ4v) is 3.40. The van der Waals surface area contributed by atoms with Gasteiger partial charge in [-0.15, -0.1) is 0 Å². The highest BCUT2D eigenvalue weighted by Crippen LogP contribution is 2.44. The number of alkyl carbamates (subject to hydrolysis) is 1. The monoisotopic (exact) mass is 396 g/mol. The van der Waals surface area contributed by atoms with Crippen molar-refractivity contribution in [3.8, 4) is 11.1 Å². The Morgan fingerprint density at radius 1 is 1.00 bits per heavy atom. The number of ether oxygens (including phenoxy) is 1. The third-order valence-electron chi connectivity index (χ3n) is 5.07. The molecule has 2 aromatic carbocycles. The molecule has 0 aliphatic heterocycles. The van der Waals surface area contributed by atoms with Crippen LogP contribution in [0.4, 0.5) is 4.79 Å². The van der Waals surface area contributed by atoms with Crippen LogP contribution in [0.5, 0.6) is 0 Å². The van der Waals surface area contributed by atoms with E-state index >= 15 is 0 Å². The van der Waals surface area contributed by atoms with Crippen LogP contribution in [-0.2, 0) is 14.3 Å². The van der Waals surface area contributed by atoms with Gasteiger partial charge in [0.2, 0.25) is 5.91 Å². The Morgan fingerprint density at radius 2 is 1.55 bits per heavy atom. The molecule has 0 aromatic heterocycles. The first-order chi connectivity index (χ1) is 13.9. The number of hydrogen-bond donors (Lipinski definition) is 3. The molecule has 152 valence electrons. The molecule has 1 unspecified atom stereocenters. The first-order valence-electron chi connectivity index (χ1n) is 9.50. The zero-order valence-corrected chi connectivity index (χ0v) is 16.3. The molecular weight excluding hydrogens is 372 g/mol. The summed E-state index contributed by atoms with van der Waals surface area (Å²) in [5.41, 5.74) is 4.54. The van der Waals surface area contributed by atoms with Crippen molar-refractivity contribution in [2.24, 2.45) is 5.92 Å². The van der Waals surface area contributed by atoms with Crippen LogP contribution >= 0.6 is 0 Å². The smallest absolute Gasteiger partial charge is 0.407 e. The van der Waals surface area contributed by atoms with Crippen molar-refractivity contribution in [3.63, 3.8) is 0 Å². The minimum Gasteiger partial charge on any atom is -0.480 e. The fraction of sp³-hybridized carbons (Fsp3) is 0.318. The SMILES string of the molecule is CC(CNC(=O)OCC1c2ccccc2-c2ccccc21)C(=O)N[C@H](C)C(=O)O. The molecule has 0 heterocycles. The second kappa shape index (κ2) is 8.77. The van der Waals surface area contributed by atoms with Crippen molar-refractivity contribution in [2.45, 2.75) is 25.8 Å². The van der Waals surface area contributed by atoms with Crippen LogP contribution in [0.15, 0.2) is 48.5 Å². The molecule has 2 amide bonds. The normalized spacial score (nSPS) is 14.3. The summed E-state index contributed by atoms with van der Waals surface area (Å²) < 4.78 is 5.41. The summed E-state index contributed by atoms with van der Waals surface area (Å²) in [5, 5.41) is 13.8. The zero-order valence-electron chi connectivity index (χ0n) is 16.3. The number of carbonyl (C=O) groups excluding carboxylic acids is 2. The Labute approximate surface area is 169 Å². The third kappa shape index (κ3) is 4.56. The van der Waals surface area contributed by atoms with Gasteiger partial charge in [-0.05, 0) is 29.2 Å². The Bertz CT molecular complexity index is 881. The molecule has 1 aliphatic rings. The highest BCUT2D eigenvalue weighted by molar-refractivity contribution is 5.85. The predicted molar refractivity (Wildman–Crippen MR) is 107 cm³/mol. The van der Waals surface area contributed by atoms with Gasteiger partial charge in [0.1, 0.15) is 12.6 Å². The van der Waals surface area contributed by atoms with Crippen LogP contribution in [0.25, 0.3) is 11.1 Å². The number of benzene rings is 2. The maximum absolute atomic E-state index is 12.1. The molecule has 1 aliphatic carbocycles. The predicted octanol–water partition coefficient (Wildman–Crippen LogP) is 2.75. The molecule has 0 radical (unpaired) electrons. The maximum Gasteiger partial charge on any atom is 0.407 e. The van der Waals surface area contributed by atoms with Gasteiger partial charge in [0.05, 0.1) is 5.92 Å². The average molecular weight is 396 g/mol. The van der Waals surface area contributed by atoms with Crippen molar-refractivity contribution in [1.29, 1.82) is 0 Å². The van der Waals surface area contributed by atoms with Crippen LogP contribution in [0.3, 0.4) is 0 Å². The van der Waals surface area contributed by atoms with E-state index in [1.807, 2.05) is 36.4 Å². The number of carboxylic acids is 1.